The van der Waals surface area contributed by atoms with Gasteiger partial charge in [0.25, 0.3) is 5.78 Å². The fraction of sp³-hybridized carbons (Fsp3) is 0.526. The zero-order valence-electron chi connectivity index (χ0n) is 15.0. The van der Waals surface area contributed by atoms with Crippen molar-refractivity contribution in [2.45, 2.75) is 63.8 Å². The van der Waals surface area contributed by atoms with E-state index in [0.29, 0.717) is 0 Å². The number of halogens is 3. The highest BCUT2D eigenvalue weighted by Crippen LogP contribution is 2.28. The summed E-state index contributed by atoms with van der Waals surface area (Å²) in [5, 5.41) is 0. The van der Waals surface area contributed by atoms with Crippen LogP contribution in [0.2, 0.25) is 0 Å². The average Bonchev–Trinajstić information content (AvgIpc) is 2.60. The van der Waals surface area contributed by atoms with Crippen LogP contribution < -0.4 is 5.73 Å². The van der Waals surface area contributed by atoms with Crippen molar-refractivity contribution in [2.75, 3.05) is 0 Å². The predicted octanol–water partition coefficient (Wildman–Crippen LogP) is 3.38. The Bertz CT molecular complexity index is 724. The summed E-state index contributed by atoms with van der Waals surface area (Å²) < 4.78 is 44.3. The number of nitrogens with two attached hydrogens (primary N) is 1. The van der Waals surface area contributed by atoms with Gasteiger partial charge in [-0.1, -0.05) is 24.6 Å². The van der Waals surface area contributed by atoms with Gasteiger partial charge in [-0.25, -0.2) is 0 Å². The molecule has 0 heterocycles. The zero-order chi connectivity index (χ0) is 20.2. The maximum Gasteiger partial charge on any atom is 0.454 e. The Labute approximate surface area is 155 Å². The van der Waals surface area contributed by atoms with Crippen LogP contribution in [-0.4, -0.2) is 35.9 Å². The van der Waals surface area contributed by atoms with Crippen LogP contribution in [0, 0.1) is 0 Å². The van der Waals surface area contributed by atoms with Gasteiger partial charge in [0.05, 0.1) is 0 Å². The summed E-state index contributed by atoms with van der Waals surface area (Å²) in [5.41, 5.74) is 4.62. The molecule has 5 nitrogen and oxygen atoms in total. The van der Waals surface area contributed by atoms with Gasteiger partial charge in [-0.15, -0.1) is 0 Å². The maximum atomic E-state index is 13.0. The fourth-order valence-electron chi connectivity index (χ4n) is 3.23. The van der Waals surface area contributed by atoms with Crippen molar-refractivity contribution in [3.63, 3.8) is 0 Å². The van der Waals surface area contributed by atoms with E-state index in [1.54, 1.807) is 0 Å². The molecule has 1 unspecified atom stereocenters. The van der Waals surface area contributed by atoms with E-state index in [1.807, 2.05) is 0 Å². The number of rotatable bonds is 6. The van der Waals surface area contributed by atoms with Crippen molar-refractivity contribution in [3.8, 4) is 0 Å². The number of Topliss-reactive ketones (excluding diaryl/α,β-unsaturated/α-hetero) is 2. The first-order valence-corrected chi connectivity index (χ1v) is 8.81. The molecule has 1 atom stereocenters. The van der Waals surface area contributed by atoms with Gasteiger partial charge in [-0.3, -0.25) is 14.4 Å². The van der Waals surface area contributed by atoms with E-state index in [2.05, 4.69) is 0 Å². The van der Waals surface area contributed by atoms with E-state index >= 15 is 0 Å². The molecule has 1 aromatic rings. The Morgan fingerprint density at radius 1 is 1.19 bits per heavy atom. The zero-order valence-corrected chi connectivity index (χ0v) is 15.0. The van der Waals surface area contributed by atoms with Gasteiger partial charge in [-0.2, -0.15) is 13.2 Å². The lowest BCUT2D eigenvalue weighted by molar-refractivity contribution is -0.152. The quantitative estimate of drug-likeness (QED) is 0.599. The molecule has 8 heteroatoms. The minimum absolute atomic E-state index is 0.0990. The normalized spacial score (nSPS) is 16.6. The number of benzene rings is 1. The van der Waals surface area contributed by atoms with Crippen molar-refractivity contribution in [1.82, 2.24) is 0 Å². The average molecular weight is 385 g/mol. The molecule has 148 valence electrons. The lowest BCUT2D eigenvalue weighted by Crippen LogP contribution is -2.38. The molecule has 0 aromatic heterocycles. The third-order valence-electron chi connectivity index (χ3n) is 4.59. The number of carbonyl (C=O) groups is 3. The Morgan fingerprint density at radius 2 is 1.81 bits per heavy atom. The second-order valence-electron chi connectivity index (χ2n) is 6.73. The Kier molecular flexibility index (Phi) is 6.75. The largest absolute Gasteiger partial charge is 0.461 e. The lowest BCUT2D eigenvalue weighted by atomic mass is 9.91. The molecule has 27 heavy (non-hydrogen) atoms. The smallest absolute Gasteiger partial charge is 0.454 e. The monoisotopic (exact) mass is 385 g/mol. The summed E-state index contributed by atoms with van der Waals surface area (Å²) >= 11 is 0. The van der Waals surface area contributed by atoms with Gasteiger partial charge >= 0.3 is 12.1 Å². The van der Waals surface area contributed by atoms with Gasteiger partial charge in [0.15, 0.2) is 5.78 Å². The lowest BCUT2D eigenvalue weighted by Gasteiger charge is -2.24. The van der Waals surface area contributed by atoms with Gasteiger partial charge < -0.3 is 10.5 Å². The number of hydrogen-bond donors (Lipinski definition) is 1. The molecule has 2 N–H and O–H groups in total. The van der Waals surface area contributed by atoms with E-state index in [-0.39, 0.29) is 23.7 Å². The highest BCUT2D eigenvalue weighted by Gasteiger charge is 2.42. The van der Waals surface area contributed by atoms with Gasteiger partial charge in [-0.05, 0) is 44.6 Å². The molecular formula is C19H22F3NO4. The standard InChI is InChI=1S/C19H22F3NO4/c1-11(24)14-9-5-6-12(16(14)17(25)19(20,21)22)10-15(23)18(26)27-13-7-3-2-4-8-13/h5-6,9,13,15H,2-4,7-8,10,23H2,1H3. The molecule has 1 saturated carbocycles. The van der Waals surface area contributed by atoms with E-state index < -0.39 is 35.3 Å². The molecule has 1 aliphatic rings. The minimum Gasteiger partial charge on any atom is -0.461 e. The number of ether oxygens (including phenoxy) is 1. The number of carbonyl (C=O) groups excluding carboxylic acids is 3. The molecule has 0 bridgehead atoms. The van der Waals surface area contributed by atoms with E-state index in [9.17, 15) is 27.6 Å². The Hall–Kier alpha value is -2.22. The first kappa shape index (κ1) is 21.1. The number of ketones is 2. The van der Waals surface area contributed by atoms with Crippen molar-refractivity contribution in [1.29, 1.82) is 0 Å². The third-order valence-corrected chi connectivity index (χ3v) is 4.59. The second kappa shape index (κ2) is 8.65. The molecule has 0 aliphatic heterocycles. The Balaban J connectivity index is 2.24. The van der Waals surface area contributed by atoms with Crippen LogP contribution >= 0.6 is 0 Å². The van der Waals surface area contributed by atoms with Crippen LogP contribution in [0.25, 0.3) is 0 Å². The number of alkyl halides is 3. The third kappa shape index (κ3) is 5.38. The molecule has 0 spiro atoms. The molecule has 1 aliphatic carbocycles. The van der Waals surface area contributed by atoms with Crippen molar-refractivity contribution in [2.24, 2.45) is 5.73 Å². The van der Waals surface area contributed by atoms with E-state index in [1.165, 1.54) is 12.1 Å². The predicted molar refractivity (Wildman–Crippen MR) is 91.5 cm³/mol. The molecule has 1 aromatic carbocycles. The molecule has 1 fully saturated rings. The highest BCUT2D eigenvalue weighted by atomic mass is 19.4. The second-order valence-corrected chi connectivity index (χ2v) is 6.73. The molecule has 2 rings (SSSR count). The maximum absolute atomic E-state index is 13.0. The van der Waals surface area contributed by atoms with Gasteiger partial charge in [0.1, 0.15) is 12.1 Å². The van der Waals surface area contributed by atoms with Crippen LogP contribution in [0.1, 0.15) is 65.3 Å². The Morgan fingerprint density at radius 3 is 2.37 bits per heavy atom. The van der Waals surface area contributed by atoms with Crippen LogP contribution in [-0.2, 0) is 16.0 Å². The molecular weight excluding hydrogens is 363 g/mol. The summed E-state index contributed by atoms with van der Waals surface area (Å²) in [7, 11) is 0. The first-order chi connectivity index (χ1) is 12.6. The first-order valence-electron chi connectivity index (χ1n) is 8.81. The summed E-state index contributed by atoms with van der Waals surface area (Å²) in [6, 6.07) is 2.54. The van der Waals surface area contributed by atoms with Gasteiger partial charge in [0.2, 0.25) is 0 Å². The number of esters is 1. The topological polar surface area (TPSA) is 86.5 Å². The van der Waals surface area contributed by atoms with Crippen molar-refractivity contribution >= 4 is 17.5 Å². The van der Waals surface area contributed by atoms with Crippen LogP contribution in [0.3, 0.4) is 0 Å². The SMILES string of the molecule is CC(=O)c1cccc(CC(N)C(=O)OC2CCCCC2)c1C(=O)C(F)(F)F. The van der Waals surface area contributed by atoms with Crippen LogP contribution in [0.5, 0.6) is 0 Å². The van der Waals surface area contributed by atoms with Crippen molar-refractivity contribution < 1.29 is 32.3 Å². The fourth-order valence-corrected chi connectivity index (χ4v) is 3.23. The summed E-state index contributed by atoms with van der Waals surface area (Å²) in [4.78, 5) is 35.7. The molecule has 0 saturated heterocycles. The molecule has 0 radical (unpaired) electrons. The van der Waals surface area contributed by atoms with Gasteiger partial charge in [0, 0.05) is 11.1 Å². The van der Waals surface area contributed by atoms with E-state index in [0.717, 1.165) is 45.1 Å². The van der Waals surface area contributed by atoms with Crippen LogP contribution in [0.15, 0.2) is 18.2 Å². The minimum atomic E-state index is -5.15. The van der Waals surface area contributed by atoms with Crippen LogP contribution in [0.4, 0.5) is 13.2 Å². The number of hydrogen-bond acceptors (Lipinski definition) is 5. The highest BCUT2D eigenvalue weighted by molar-refractivity contribution is 6.11. The van der Waals surface area contributed by atoms with Crippen molar-refractivity contribution in [3.05, 3.63) is 34.9 Å². The summed E-state index contributed by atoms with van der Waals surface area (Å²) in [6.07, 6.45) is -1.29. The summed E-state index contributed by atoms with van der Waals surface area (Å²) in [5.74, 6) is -3.53. The van der Waals surface area contributed by atoms with E-state index in [4.69, 9.17) is 10.5 Å². The molecule has 0 amide bonds. The summed E-state index contributed by atoms with van der Waals surface area (Å²) in [6.45, 7) is 1.07.